The molecule has 0 saturated heterocycles. The van der Waals surface area contributed by atoms with E-state index in [0.717, 1.165) is 5.69 Å². The summed E-state index contributed by atoms with van der Waals surface area (Å²) in [5.74, 6) is -0.0403. The molecule has 18 heavy (non-hydrogen) atoms. The van der Waals surface area contributed by atoms with Gasteiger partial charge in [0, 0.05) is 32.4 Å². The molecule has 0 atom stereocenters. The van der Waals surface area contributed by atoms with Crippen molar-refractivity contribution in [2.24, 2.45) is 0 Å². The smallest absolute Gasteiger partial charge is 0.413 e. The molecule has 98 valence electrons. The fraction of sp³-hybridized carbons (Fsp3) is 0.385. The first-order valence-corrected chi connectivity index (χ1v) is 5.72. The van der Waals surface area contributed by atoms with E-state index in [1.165, 1.54) is 16.7 Å². The summed E-state index contributed by atoms with van der Waals surface area (Å²) in [6.45, 7) is 3.60. The zero-order chi connectivity index (χ0) is 13.7. The molecule has 2 amide bonds. The second kappa shape index (κ2) is 6.05. The second-order valence-electron chi connectivity index (χ2n) is 3.85. The van der Waals surface area contributed by atoms with Crippen molar-refractivity contribution in [3.8, 4) is 0 Å². The number of ether oxygens (including phenoxy) is 1. The van der Waals surface area contributed by atoms with E-state index in [0.29, 0.717) is 12.3 Å². The predicted molar refractivity (Wildman–Crippen MR) is 71.0 cm³/mol. The lowest BCUT2D eigenvalue weighted by molar-refractivity contribution is -0.116. The Labute approximate surface area is 107 Å². The molecule has 0 aliphatic heterocycles. The van der Waals surface area contributed by atoms with E-state index in [4.69, 9.17) is 4.74 Å². The van der Waals surface area contributed by atoms with Crippen LogP contribution in [0.5, 0.6) is 0 Å². The van der Waals surface area contributed by atoms with Crippen LogP contribution in [0.3, 0.4) is 0 Å². The highest BCUT2D eigenvalue weighted by Gasteiger charge is 2.12. The molecule has 0 fully saturated rings. The molecular formula is C13H18N2O3. The lowest BCUT2D eigenvalue weighted by Crippen LogP contribution is -2.27. The number of hydrogen-bond acceptors (Lipinski definition) is 3. The molecule has 0 N–H and O–H groups in total. The average molecular weight is 250 g/mol. The molecule has 0 aromatic heterocycles. The first-order chi connectivity index (χ1) is 8.47. The Kier molecular flexibility index (Phi) is 4.71. The number of nitrogens with zero attached hydrogens (tertiary/aromatic N) is 2. The van der Waals surface area contributed by atoms with E-state index in [2.05, 4.69) is 0 Å². The van der Waals surface area contributed by atoms with Crippen molar-refractivity contribution in [3.63, 3.8) is 0 Å². The van der Waals surface area contributed by atoms with E-state index in [1.807, 2.05) is 0 Å². The predicted octanol–water partition coefficient (Wildman–Crippen LogP) is 2.26. The van der Waals surface area contributed by atoms with Crippen LogP contribution < -0.4 is 9.80 Å². The SMILES string of the molecule is CCOC(=O)N(C)c1ccc(N(C)C(C)=O)cc1. The normalized spacial score (nSPS) is 9.78. The quantitative estimate of drug-likeness (QED) is 0.826. The molecule has 0 bridgehead atoms. The van der Waals surface area contributed by atoms with Crippen LogP contribution in [-0.4, -0.2) is 32.7 Å². The third-order valence-electron chi connectivity index (χ3n) is 2.64. The minimum atomic E-state index is -0.398. The van der Waals surface area contributed by atoms with E-state index >= 15 is 0 Å². The Hall–Kier alpha value is -2.04. The van der Waals surface area contributed by atoms with Gasteiger partial charge in [-0.3, -0.25) is 9.69 Å². The Morgan fingerprint density at radius 1 is 1.06 bits per heavy atom. The Morgan fingerprint density at radius 2 is 1.50 bits per heavy atom. The van der Waals surface area contributed by atoms with Gasteiger partial charge < -0.3 is 9.64 Å². The van der Waals surface area contributed by atoms with Crippen molar-refractivity contribution in [1.29, 1.82) is 0 Å². The lowest BCUT2D eigenvalue weighted by Gasteiger charge is -2.19. The van der Waals surface area contributed by atoms with E-state index in [-0.39, 0.29) is 5.91 Å². The van der Waals surface area contributed by atoms with Crippen LogP contribution in [0.1, 0.15) is 13.8 Å². The van der Waals surface area contributed by atoms with Gasteiger partial charge in [-0.2, -0.15) is 0 Å². The van der Waals surface area contributed by atoms with Gasteiger partial charge in [0.15, 0.2) is 0 Å². The molecule has 1 aromatic carbocycles. The highest BCUT2D eigenvalue weighted by atomic mass is 16.6. The third-order valence-corrected chi connectivity index (χ3v) is 2.64. The molecule has 0 aliphatic rings. The average Bonchev–Trinajstić information content (AvgIpc) is 2.37. The molecule has 0 heterocycles. The summed E-state index contributed by atoms with van der Waals surface area (Å²) in [6, 6.07) is 7.11. The standard InChI is InChI=1S/C13H18N2O3/c1-5-18-13(17)15(4)12-8-6-11(7-9-12)14(3)10(2)16/h6-9H,5H2,1-4H3. The van der Waals surface area contributed by atoms with Gasteiger partial charge >= 0.3 is 6.09 Å². The molecule has 5 nitrogen and oxygen atoms in total. The Morgan fingerprint density at radius 3 is 1.89 bits per heavy atom. The minimum Gasteiger partial charge on any atom is -0.449 e. The molecule has 1 aromatic rings. The number of carbonyl (C=O) groups excluding carboxylic acids is 2. The summed E-state index contributed by atoms with van der Waals surface area (Å²) in [7, 11) is 3.34. The number of benzene rings is 1. The molecule has 0 aliphatic carbocycles. The number of hydrogen-bond donors (Lipinski definition) is 0. The van der Waals surface area contributed by atoms with Gasteiger partial charge in [0.1, 0.15) is 0 Å². The van der Waals surface area contributed by atoms with Crippen LogP contribution in [0.2, 0.25) is 0 Å². The van der Waals surface area contributed by atoms with Crippen molar-refractivity contribution in [1.82, 2.24) is 0 Å². The minimum absolute atomic E-state index is 0.0403. The highest BCUT2D eigenvalue weighted by molar-refractivity contribution is 5.92. The van der Waals surface area contributed by atoms with Crippen molar-refractivity contribution < 1.29 is 14.3 Å². The van der Waals surface area contributed by atoms with Crippen molar-refractivity contribution in [3.05, 3.63) is 24.3 Å². The zero-order valence-electron chi connectivity index (χ0n) is 11.1. The molecule has 1 rings (SSSR count). The zero-order valence-corrected chi connectivity index (χ0v) is 11.1. The number of rotatable bonds is 3. The van der Waals surface area contributed by atoms with Gasteiger partial charge in [0.25, 0.3) is 0 Å². The third kappa shape index (κ3) is 3.23. The molecular weight excluding hydrogens is 232 g/mol. The van der Waals surface area contributed by atoms with Crippen molar-refractivity contribution in [2.75, 3.05) is 30.5 Å². The summed E-state index contributed by atoms with van der Waals surface area (Å²) in [5.41, 5.74) is 1.50. The molecule has 0 radical (unpaired) electrons. The summed E-state index contributed by atoms with van der Waals surface area (Å²) >= 11 is 0. The van der Waals surface area contributed by atoms with Gasteiger partial charge in [0.05, 0.1) is 6.61 Å². The summed E-state index contributed by atoms with van der Waals surface area (Å²) < 4.78 is 4.90. The number of amides is 2. The monoisotopic (exact) mass is 250 g/mol. The molecule has 0 spiro atoms. The maximum atomic E-state index is 11.5. The van der Waals surface area contributed by atoms with Crippen LogP contribution in [0.15, 0.2) is 24.3 Å². The number of carbonyl (C=O) groups is 2. The second-order valence-corrected chi connectivity index (χ2v) is 3.85. The van der Waals surface area contributed by atoms with Gasteiger partial charge in [0.2, 0.25) is 5.91 Å². The largest absolute Gasteiger partial charge is 0.449 e. The molecule has 0 saturated carbocycles. The first kappa shape index (κ1) is 14.0. The van der Waals surface area contributed by atoms with Gasteiger partial charge in [-0.1, -0.05) is 0 Å². The first-order valence-electron chi connectivity index (χ1n) is 5.72. The van der Waals surface area contributed by atoms with E-state index in [1.54, 1.807) is 45.3 Å². The summed E-state index contributed by atoms with van der Waals surface area (Å²) in [6.07, 6.45) is -0.398. The fourth-order valence-corrected chi connectivity index (χ4v) is 1.41. The maximum Gasteiger partial charge on any atom is 0.413 e. The molecule has 5 heteroatoms. The van der Waals surface area contributed by atoms with Crippen LogP contribution in [-0.2, 0) is 9.53 Å². The summed E-state index contributed by atoms with van der Waals surface area (Å²) in [5, 5.41) is 0. The molecule has 0 unspecified atom stereocenters. The lowest BCUT2D eigenvalue weighted by atomic mass is 10.2. The van der Waals surface area contributed by atoms with Gasteiger partial charge in [-0.05, 0) is 31.2 Å². The number of anilines is 2. The van der Waals surface area contributed by atoms with Crippen LogP contribution in [0, 0.1) is 0 Å². The highest BCUT2D eigenvalue weighted by Crippen LogP contribution is 2.19. The summed E-state index contributed by atoms with van der Waals surface area (Å²) in [4.78, 5) is 25.7. The fourth-order valence-electron chi connectivity index (χ4n) is 1.41. The van der Waals surface area contributed by atoms with E-state index in [9.17, 15) is 9.59 Å². The van der Waals surface area contributed by atoms with Crippen LogP contribution >= 0.6 is 0 Å². The topological polar surface area (TPSA) is 49.9 Å². The van der Waals surface area contributed by atoms with Crippen molar-refractivity contribution >= 4 is 23.4 Å². The van der Waals surface area contributed by atoms with Gasteiger partial charge in [-0.25, -0.2) is 4.79 Å². The Balaban J connectivity index is 2.82. The van der Waals surface area contributed by atoms with Crippen molar-refractivity contribution in [2.45, 2.75) is 13.8 Å². The van der Waals surface area contributed by atoms with Crippen LogP contribution in [0.25, 0.3) is 0 Å². The maximum absolute atomic E-state index is 11.5. The van der Waals surface area contributed by atoms with E-state index < -0.39 is 6.09 Å². The van der Waals surface area contributed by atoms with Crippen LogP contribution in [0.4, 0.5) is 16.2 Å². The van der Waals surface area contributed by atoms with Gasteiger partial charge in [-0.15, -0.1) is 0 Å². The Bertz CT molecular complexity index is 428.